The highest BCUT2D eigenvalue weighted by atomic mass is 35.5. The molecule has 0 radical (unpaired) electrons. The zero-order valence-corrected chi connectivity index (χ0v) is 14.1. The van der Waals surface area contributed by atoms with Crippen LogP contribution in [0.5, 0.6) is 11.5 Å². The Morgan fingerprint density at radius 3 is 1.83 bits per heavy atom. The second-order valence-electron chi connectivity index (χ2n) is 5.51. The summed E-state index contributed by atoms with van der Waals surface area (Å²) >= 11 is 7.50. The van der Waals surface area contributed by atoms with Gasteiger partial charge in [-0.2, -0.15) is 0 Å². The van der Waals surface area contributed by atoms with Crippen molar-refractivity contribution in [2.24, 2.45) is 0 Å². The average Bonchev–Trinajstić information content (AvgIpc) is 2.62. The molecule has 4 aromatic carbocycles. The summed E-state index contributed by atoms with van der Waals surface area (Å²) in [5, 5.41) is 24.4. The minimum Gasteiger partial charge on any atom is -0.507 e. The lowest BCUT2D eigenvalue weighted by Gasteiger charge is -2.11. The van der Waals surface area contributed by atoms with Crippen molar-refractivity contribution < 1.29 is 10.2 Å². The van der Waals surface area contributed by atoms with Crippen LogP contribution in [0.4, 0.5) is 0 Å². The number of hydrogen-bond acceptors (Lipinski definition) is 3. The first-order valence-corrected chi connectivity index (χ1v) is 8.63. The number of phenolic OH excluding ortho intramolecular Hbond substituents is 2. The molecule has 0 amide bonds. The minimum atomic E-state index is 0.192. The first-order valence-electron chi connectivity index (χ1n) is 7.43. The third-order valence-electron chi connectivity index (χ3n) is 3.99. The Bertz CT molecular complexity index is 1060. The van der Waals surface area contributed by atoms with E-state index in [2.05, 4.69) is 0 Å². The van der Waals surface area contributed by atoms with Gasteiger partial charge in [0.1, 0.15) is 11.5 Å². The SMILES string of the molecule is Oc1c2ccccc2c(O)c2cc(Sc3ccc(Cl)cc3)ccc12. The van der Waals surface area contributed by atoms with E-state index in [1.165, 1.54) is 0 Å². The van der Waals surface area contributed by atoms with Gasteiger partial charge < -0.3 is 10.2 Å². The molecule has 24 heavy (non-hydrogen) atoms. The number of rotatable bonds is 2. The molecule has 0 saturated heterocycles. The molecule has 0 saturated carbocycles. The predicted octanol–water partition coefficient (Wildman–Crippen LogP) is 6.21. The molecule has 0 aromatic heterocycles. The Labute approximate surface area is 148 Å². The summed E-state index contributed by atoms with van der Waals surface area (Å²) in [5.41, 5.74) is 0. The molecule has 0 aliphatic rings. The van der Waals surface area contributed by atoms with Gasteiger partial charge in [-0.05, 0) is 42.5 Å². The summed E-state index contributed by atoms with van der Waals surface area (Å²) in [6.07, 6.45) is 0. The summed E-state index contributed by atoms with van der Waals surface area (Å²) in [6, 6.07) is 20.6. The van der Waals surface area contributed by atoms with Crippen LogP contribution >= 0.6 is 23.4 Å². The van der Waals surface area contributed by atoms with E-state index < -0.39 is 0 Å². The molecule has 0 heterocycles. The predicted molar refractivity (Wildman–Crippen MR) is 100 cm³/mol. The third-order valence-corrected chi connectivity index (χ3v) is 5.24. The Hall–Kier alpha value is -2.36. The van der Waals surface area contributed by atoms with Crippen LogP contribution in [0.25, 0.3) is 21.5 Å². The van der Waals surface area contributed by atoms with Crippen LogP contribution in [0, 0.1) is 0 Å². The molecule has 0 unspecified atom stereocenters. The molecule has 4 rings (SSSR count). The van der Waals surface area contributed by atoms with Crippen LogP contribution in [0.15, 0.2) is 76.5 Å². The Balaban J connectivity index is 1.87. The lowest BCUT2D eigenvalue weighted by molar-refractivity contribution is 0.478. The molecule has 118 valence electrons. The van der Waals surface area contributed by atoms with Gasteiger partial charge in [-0.3, -0.25) is 0 Å². The van der Waals surface area contributed by atoms with Crippen LogP contribution in [-0.4, -0.2) is 10.2 Å². The van der Waals surface area contributed by atoms with Crippen LogP contribution in [0.2, 0.25) is 5.02 Å². The number of halogens is 1. The fraction of sp³-hybridized carbons (Fsp3) is 0. The fourth-order valence-corrected chi connectivity index (χ4v) is 3.80. The van der Waals surface area contributed by atoms with E-state index in [-0.39, 0.29) is 11.5 Å². The van der Waals surface area contributed by atoms with Gasteiger partial charge >= 0.3 is 0 Å². The number of aromatic hydroxyl groups is 2. The van der Waals surface area contributed by atoms with E-state index in [1.54, 1.807) is 17.8 Å². The number of phenols is 2. The molecule has 0 spiro atoms. The zero-order valence-electron chi connectivity index (χ0n) is 12.5. The largest absolute Gasteiger partial charge is 0.507 e. The van der Waals surface area contributed by atoms with Gasteiger partial charge in [-0.15, -0.1) is 0 Å². The van der Waals surface area contributed by atoms with E-state index in [1.807, 2.05) is 60.7 Å². The van der Waals surface area contributed by atoms with Gasteiger partial charge in [0, 0.05) is 36.4 Å². The fourth-order valence-electron chi connectivity index (χ4n) is 2.81. The first kappa shape index (κ1) is 15.2. The number of hydrogen-bond donors (Lipinski definition) is 2. The van der Waals surface area contributed by atoms with Crippen molar-refractivity contribution in [3.63, 3.8) is 0 Å². The molecule has 0 aliphatic heterocycles. The van der Waals surface area contributed by atoms with Crippen LogP contribution < -0.4 is 0 Å². The Morgan fingerprint density at radius 1 is 0.625 bits per heavy atom. The Kier molecular flexibility index (Phi) is 3.75. The lowest BCUT2D eigenvalue weighted by Crippen LogP contribution is -1.82. The van der Waals surface area contributed by atoms with E-state index in [0.717, 1.165) is 9.79 Å². The summed E-state index contributed by atoms with van der Waals surface area (Å²) in [5.74, 6) is 0.387. The van der Waals surface area contributed by atoms with Crippen molar-refractivity contribution in [1.82, 2.24) is 0 Å². The molecule has 0 atom stereocenters. The molecule has 0 aliphatic carbocycles. The zero-order chi connectivity index (χ0) is 16.7. The van der Waals surface area contributed by atoms with E-state index in [4.69, 9.17) is 11.6 Å². The molecule has 0 fully saturated rings. The van der Waals surface area contributed by atoms with Gasteiger partial charge in [0.25, 0.3) is 0 Å². The molecule has 2 nitrogen and oxygen atoms in total. The monoisotopic (exact) mass is 352 g/mol. The highest BCUT2D eigenvalue weighted by molar-refractivity contribution is 7.99. The van der Waals surface area contributed by atoms with E-state index in [0.29, 0.717) is 26.6 Å². The first-order chi connectivity index (χ1) is 11.6. The van der Waals surface area contributed by atoms with E-state index in [9.17, 15) is 10.2 Å². The van der Waals surface area contributed by atoms with Gasteiger partial charge in [-0.1, -0.05) is 47.6 Å². The average molecular weight is 353 g/mol. The van der Waals surface area contributed by atoms with Gasteiger partial charge in [0.2, 0.25) is 0 Å². The second kappa shape index (κ2) is 5.93. The topological polar surface area (TPSA) is 40.5 Å². The van der Waals surface area contributed by atoms with Crippen molar-refractivity contribution in [2.75, 3.05) is 0 Å². The van der Waals surface area contributed by atoms with Gasteiger partial charge in [0.05, 0.1) is 0 Å². The van der Waals surface area contributed by atoms with E-state index >= 15 is 0 Å². The quantitative estimate of drug-likeness (QED) is 0.333. The van der Waals surface area contributed by atoms with Crippen molar-refractivity contribution >= 4 is 44.9 Å². The Morgan fingerprint density at radius 2 is 1.17 bits per heavy atom. The third kappa shape index (κ3) is 2.56. The van der Waals surface area contributed by atoms with Crippen molar-refractivity contribution in [3.05, 3.63) is 71.8 Å². The molecule has 4 heteroatoms. The number of benzene rings is 4. The van der Waals surface area contributed by atoms with Crippen LogP contribution in [0.3, 0.4) is 0 Å². The van der Waals surface area contributed by atoms with Crippen molar-refractivity contribution in [3.8, 4) is 11.5 Å². The normalized spacial score (nSPS) is 11.2. The maximum Gasteiger partial charge on any atom is 0.131 e. The van der Waals surface area contributed by atoms with Crippen molar-refractivity contribution in [1.29, 1.82) is 0 Å². The lowest BCUT2D eigenvalue weighted by atomic mass is 10.0. The molecule has 0 bridgehead atoms. The highest BCUT2D eigenvalue weighted by Crippen LogP contribution is 2.43. The highest BCUT2D eigenvalue weighted by Gasteiger charge is 2.13. The summed E-state index contributed by atoms with van der Waals surface area (Å²) in [6.45, 7) is 0. The molecular weight excluding hydrogens is 340 g/mol. The van der Waals surface area contributed by atoms with Crippen LogP contribution in [-0.2, 0) is 0 Å². The number of fused-ring (bicyclic) bond motifs is 2. The van der Waals surface area contributed by atoms with Gasteiger partial charge in [0.15, 0.2) is 0 Å². The standard InChI is InChI=1S/C20H13ClO2S/c21-12-5-7-13(8-6-12)24-14-9-10-17-18(11-14)20(23)16-4-2-1-3-15(16)19(17)22/h1-11,22-23H. The minimum absolute atomic E-state index is 0.192. The maximum absolute atomic E-state index is 10.6. The second-order valence-corrected chi connectivity index (χ2v) is 7.09. The summed E-state index contributed by atoms with van der Waals surface area (Å²) in [4.78, 5) is 2.04. The summed E-state index contributed by atoms with van der Waals surface area (Å²) in [7, 11) is 0. The smallest absolute Gasteiger partial charge is 0.131 e. The summed E-state index contributed by atoms with van der Waals surface area (Å²) < 4.78 is 0. The van der Waals surface area contributed by atoms with Crippen molar-refractivity contribution in [2.45, 2.75) is 9.79 Å². The molecule has 2 N–H and O–H groups in total. The maximum atomic E-state index is 10.6. The van der Waals surface area contributed by atoms with Crippen LogP contribution in [0.1, 0.15) is 0 Å². The molecule has 4 aromatic rings. The molecular formula is C20H13ClO2S. The van der Waals surface area contributed by atoms with Gasteiger partial charge in [-0.25, -0.2) is 0 Å².